The molecule has 0 aliphatic carbocycles. The van der Waals surface area contributed by atoms with Crippen molar-refractivity contribution >= 4 is 29.1 Å². The lowest BCUT2D eigenvalue weighted by atomic mass is 9.98. The maximum Gasteiger partial charge on any atom is 0.270 e. The highest BCUT2D eigenvalue weighted by molar-refractivity contribution is 6.36. The van der Waals surface area contributed by atoms with Crippen molar-refractivity contribution in [2.45, 2.75) is 32.7 Å². The van der Waals surface area contributed by atoms with Crippen molar-refractivity contribution in [1.82, 2.24) is 14.5 Å². The molecule has 1 atom stereocenters. The number of aromatic nitrogens is 3. The Hall–Kier alpha value is -3.88. The molecule has 1 aromatic carbocycles. The Morgan fingerprint density at radius 3 is 2.71 bits per heavy atom. The van der Waals surface area contributed by atoms with Crippen molar-refractivity contribution in [2.24, 2.45) is 12.0 Å². The van der Waals surface area contributed by atoms with Gasteiger partial charge in [-0.15, -0.1) is 0 Å². The van der Waals surface area contributed by atoms with Gasteiger partial charge in [0.15, 0.2) is 0 Å². The number of hydrogen-bond donors (Lipinski definition) is 1. The van der Waals surface area contributed by atoms with E-state index in [0.717, 1.165) is 40.8 Å². The summed E-state index contributed by atoms with van der Waals surface area (Å²) < 4.78 is 29.3. The molecular weight excluding hydrogens is 450 g/mol. The molecule has 1 unspecified atom stereocenters. The number of nitrogens with one attached hydrogen (secondary N) is 1. The number of hydrogen-bond acceptors (Lipinski definition) is 6. The average Bonchev–Trinajstić information content (AvgIpc) is 3.30. The molecule has 1 N–H and O–H groups in total. The van der Waals surface area contributed by atoms with Gasteiger partial charge in [0.1, 0.15) is 23.3 Å². The zero-order valence-electron chi connectivity index (χ0n) is 20.0. The molecule has 0 spiro atoms. The quantitative estimate of drug-likeness (QED) is 0.585. The molecule has 0 amide bonds. The first kappa shape index (κ1) is 22.9. The molecule has 5 rings (SSSR count). The molecule has 0 saturated carbocycles. The Morgan fingerprint density at radius 1 is 1.17 bits per heavy atom. The van der Waals surface area contributed by atoms with Gasteiger partial charge < -0.3 is 14.8 Å². The summed E-state index contributed by atoms with van der Waals surface area (Å²) in [4.78, 5) is 28.1. The van der Waals surface area contributed by atoms with Crippen LogP contribution >= 0.6 is 0 Å². The van der Waals surface area contributed by atoms with E-state index in [2.05, 4.69) is 15.2 Å². The molecular formula is C26H26F2N6O. The number of alkyl halides is 2. The molecule has 2 aromatic heterocycles. The lowest BCUT2D eigenvalue weighted by Crippen LogP contribution is -2.33. The Bertz CT molecular complexity index is 1440. The van der Waals surface area contributed by atoms with Crippen LogP contribution < -0.4 is 15.8 Å². The minimum absolute atomic E-state index is 0.0284. The van der Waals surface area contributed by atoms with E-state index in [4.69, 9.17) is 9.98 Å². The summed E-state index contributed by atoms with van der Waals surface area (Å²) in [5, 5.41) is 3.42. The third-order valence-corrected chi connectivity index (χ3v) is 6.31. The first-order valence-corrected chi connectivity index (χ1v) is 11.5. The van der Waals surface area contributed by atoms with Crippen LogP contribution in [0, 0.1) is 6.92 Å². The van der Waals surface area contributed by atoms with E-state index in [0.29, 0.717) is 24.7 Å². The second-order valence-electron chi connectivity index (χ2n) is 9.02. The van der Waals surface area contributed by atoms with E-state index in [1.807, 2.05) is 26.0 Å². The van der Waals surface area contributed by atoms with Crippen LogP contribution in [0.5, 0.6) is 0 Å². The molecule has 2 aliphatic heterocycles. The minimum Gasteiger partial charge on any atom is -0.363 e. The normalized spacial score (nSPS) is 15.8. The molecule has 7 nitrogen and oxygen atoms in total. The number of anilines is 2. The fourth-order valence-electron chi connectivity index (χ4n) is 4.44. The van der Waals surface area contributed by atoms with Gasteiger partial charge >= 0.3 is 0 Å². The molecule has 0 saturated heterocycles. The summed E-state index contributed by atoms with van der Waals surface area (Å²) in [7, 11) is 1.71. The number of halogens is 2. The van der Waals surface area contributed by atoms with Gasteiger partial charge in [-0.05, 0) is 37.6 Å². The topological polar surface area (TPSA) is 75.4 Å². The summed E-state index contributed by atoms with van der Waals surface area (Å²) in [6.45, 7) is 5.96. The van der Waals surface area contributed by atoms with Gasteiger partial charge in [0, 0.05) is 55.5 Å². The number of nitrogens with zero attached hydrogens (tertiary/aromatic N) is 5. The van der Waals surface area contributed by atoms with Crippen LogP contribution in [0.1, 0.15) is 48.0 Å². The molecule has 9 heteroatoms. The van der Waals surface area contributed by atoms with Crippen LogP contribution in [0.3, 0.4) is 0 Å². The fraction of sp³-hybridized carbons (Fsp3) is 0.308. The minimum atomic E-state index is -2.92. The third kappa shape index (κ3) is 4.22. The number of fused-ring (bicyclic) bond motifs is 3. The summed E-state index contributed by atoms with van der Waals surface area (Å²) in [5.74, 6) is -0.143. The standard InChI is InChI=1S/C26H26F2N6O/c1-15(17-6-5-7-19(12-17)26(3,27)28)30-23-21-13-20(18-8-9-22(35)33(4)14-18)24-29-10-11-34(24)25(21)32-16(2)31-23/h5-9,12-15H,10-11H2,1-4H3,(H,30,31,32). The first-order chi connectivity index (χ1) is 16.6. The summed E-state index contributed by atoms with van der Waals surface area (Å²) in [6, 6.07) is 9.47. The maximum absolute atomic E-state index is 13.9. The van der Waals surface area contributed by atoms with Crippen LogP contribution in [0.4, 0.5) is 20.4 Å². The van der Waals surface area contributed by atoms with Gasteiger partial charge in [0.25, 0.3) is 5.92 Å². The van der Waals surface area contributed by atoms with Gasteiger partial charge in [0.05, 0.1) is 12.1 Å². The second kappa shape index (κ2) is 8.41. The van der Waals surface area contributed by atoms with E-state index < -0.39 is 5.92 Å². The molecule has 0 radical (unpaired) electrons. The van der Waals surface area contributed by atoms with Crippen molar-refractivity contribution in [2.75, 3.05) is 23.3 Å². The average molecular weight is 477 g/mol. The SMILES string of the molecule is Cc1nc(NC(C)c2cccc(C(C)(F)F)c2)c2c(n1)N1CCN=C1C(c1ccc(=O)n(C)c1)=C2. The zero-order chi connectivity index (χ0) is 24.9. The van der Waals surface area contributed by atoms with Crippen molar-refractivity contribution in [3.63, 3.8) is 0 Å². The predicted octanol–water partition coefficient (Wildman–Crippen LogP) is 4.54. The van der Waals surface area contributed by atoms with E-state index in [-0.39, 0.29) is 17.2 Å². The molecule has 2 aliphatic rings. The second-order valence-corrected chi connectivity index (χ2v) is 9.02. The monoisotopic (exact) mass is 476 g/mol. The Labute approximate surface area is 201 Å². The largest absolute Gasteiger partial charge is 0.363 e. The van der Waals surface area contributed by atoms with Crippen molar-refractivity contribution in [1.29, 1.82) is 0 Å². The van der Waals surface area contributed by atoms with E-state index in [9.17, 15) is 13.6 Å². The van der Waals surface area contributed by atoms with E-state index in [1.54, 1.807) is 25.4 Å². The van der Waals surface area contributed by atoms with Crippen LogP contribution in [-0.4, -0.2) is 33.5 Å². The van der Waals surface area contributed by atoms with Crippen LogP contribution in [0.2, 0.25) is 0 Å². The number of pyridine rings is 1. The highest BCUT2D eigenvalue weighted by Crippen LogP contribution is 2.39. The lowest BCUT2D eigenvalue weighted by Gasteiger charge is -2.29. The van der Waals surface area contributed by atoms with Crippen LogP contribution in [0.25, 0.3) is 11.6 Å². The van der Waals surface area contributed by atoms with Gasteiger partial charge in [0.2, 0.25) is 5.56 Å². The maximum atomic E-state index is 13.9. The molecule has 0 bridgehead atoms. The number of aryl methyl sites for hydroxylation is 2. The molecule has 180 valence electrons. The molecule has 3 aromatic rings. The van der Waals surface area contributed by atoms with Gasteiger partial charge in [-0.3, -0.25) is 9.79 Å². The summed E-state index contributed by atoms with van der Waals surface area (Å²) in [6.07, 6.45) is 3.78. The van der Waals surface area contributed by atoms with Gasteiger partial charge in [-0.2, -0.15) is 0 Å². The zero-order valence-corrected chi connectivity index (χ0v) is 20.0. The number of amidine groups is 1. The molecule has 0 fully saturated rings. The van der Waals surface area contributed by atoms with E-state index >= 15 is 0 Å². The fourth-order valence-corrected chi connectivity index (χ4v) is 4.44. The van der Waals surface area contributed by atoms with Crippen molar-refractivity contribution in [3.8, 4) is 0 Å². The Morgan fingerprint density at radius 2 is 1.97 bits per heavy atom. The number of aliphatic imine (C=N–C) groups is 1. The van der Waals surface area contributed by atoms with Crippen molar-refractivity contribution < 1.29 is 8.78 Å². The highest BCUT2D eigenvalue weighted by Gasteiger charge is 2.32. The van der Waals surface area contributed by atoms with Gasteiger partial charge in [-0.25, -0.2) is 18.7 Å². The predicted molar refractivity (Wildman–Crippen MR) is 134 cm³/mol. The summed E-state index contributed by atoms with van der Waals surface area (Å²) in [5.41, 5.74) is 3.15. The van der Waals surface area contributed by atoms with Crippen LogP contribution in [-0.2, 0) is 13.0 Å². The first-order valence-electron chi connectivity index (χ1n) is 11.5. The number of benzene rings is 1. The van der Waals surface area contributed by atoms with Gasteiger partial charge in [-0.1, -0.05) is 18.2 Å². The molecule has 35 heavy (non-hydrogen) atoms. The number of rotatable bonds is 5. The van der Waals surface area contributed by atoms with Crippen LogP contribution in [0.15, 0.2) is 52.4 Å². The Kier molecular flexibility index (Phi) is 5.50. The Balaban J connectivity index is 1.59. The smallest absolute Gasteiger partial charge is 0.270 e. The molecule has 4 heterocycles. The third-order valence-electron chi connectivity index (χ3n) is 6.31. The summed E-state index contributed by atoms with van der Waals surface area (Å²) >= 11 is 0. The van der Waals surface area contributed by atoms with Crippen molar-refractivity contribution in [3.05, 3.63) is 81.0 Å². The highest BCUT2D eigenvalue weighted by atomic mass is 19.3. The lowest BCUT2D eigenvalue weighted by molar-refractivity contribution is 0.0174. The van der Waals surface area contributed by atoms with E-state index in [1.165, 1.54) is 22.8 Å².